The van der Waals surface area contributed by atoms with Crippen LogP contribution in [0.4, 0.5) is 0 Å². The second kappa shape index (κ2) is 2.22. The molecule has 2 aliphatic rings. The number of Topliss-reactive ketones (excluding diaryl/α,β-unsaturated/α-hetero) is 1. The van der Waals surface area contributed by atoms with Gasteiger partial charge < -0.3 is 0 Å². The van der Waals surface area contributed by atoms with Crippen molar-refractivity contribution in [3.05, 3.63) is 11.6 Å². The van der Waals surface area contributed by atoms with Crippen molar-refractivity contribution in [2.75, 3.05) is 0 Å². The molecular formula is C9H12O. The summed E-state index contributed by atoms with van der Waals surface area (Å²) in [6.45, 7) is 0. The number of carbonyl (C=O) groups excluding carboxylic acids is 1. The largest absolute Gasteiger partial charge is 0.299 e. The van der Waals surface area contributed by atoms with Crippen molar-refractivity contribution in [2.45, 2.75) is 32.1 Å². The molecule has 0 aromatic rings. The first-order chi connectivity index (χ1) is 4.86. The van der Waals surface area contributed by atoms with E-state index in [0.717, 1.165) is 18.8 Å². The topological polar surface area (TPSA) is 17.1 Å². The molecule has 0 bridgehead atoms. The maximum Gasteiger partial charge on any atom is 0.136 e. The van der Waals surface area contributed by atoms with E-state index in [1.807, 2.05) is 0 Å². The Kier molecular flexibility index (Phi) is 1.37. The van der Waals surface area contributed by atoms with Gasteiger partial charge in [-0.1, -0.05) is 11.6 Å². The summed E-state index contributed by atoms with van der Waals surface area (Å²) in [5.74, 6) is 1.30. The van der Waals surface area contributed by atoms with Gasteiger partial charge in [0.15, 0.2) is 0 Å². The van der Waals surface area contributed by atoms with E-state index in [2.05, 4.69) is 6.08 Å². The highest BCUT2D eigenvalue weighted by Crippen LogP contribution is 2.40. The summed E-state index contributed by atoms with van der Waals surface area (Å²) in [6, 6.07) is 0. The average Bonchev–Trinajstić information content (AvgIpc) is 2.71. The van der Waals surface area contributed by atoms with Crippen LogP contribution in [0.3, 0.4) is 0 Å². The molecule has 0 N–H and O–H groups in total. The van der Waals surface area contributed by atoms with Crippen molar-refractivity contribution in [3.8, 4) is 0 Å². The molecule has 2 rings (SSSR count). The van der Waals surface area contributed by atoms with E-state index in [1.54, 1.807) is 5.57 Å². The molecule has 1 nitrogen and oxygen atoms in total. The van der Waals surface area contributed by atoms with E-state index in [-0.39, 0.29) is 0 Å². The molecule has 0 aromatic carbocycles. The quantitative estimate of drug-likeness (QED) is 0.504. The molecule has 0 heterocycles. The number of allylic oxidation sites excluding steroid dienone is 2. The Morgan fingerprint density at radius 1 is 1.30 bits per heavy atom. The smallest absolute Gasteiger partial charge is 0.136 e. The van der Waals surface area contributed by atoms with Crippen LogP contribution in [-0.2, 0) is 4.79 Å². The van der Waals surface area contributed by atoms with Crippen LogP contribution in [0.15, 0.2) is 11.6 Å². The Balaban J connectivity index is 2.02. The molecule has 0 aromatic heterocycles. The van der Waals surface area contributed by atoms with E-state index >= 15 is 0 Å². The van der Waals surface area contributed by atoms with E-state index < -0.39 is 0 Å². The van der Waals surface area contributed by atoms with Crippen LogP contribution in [0, 0.1) is 5.92 Å². The third-order valence-corrected chi connectivity index (χ3v) is 2.39. The van der Waals surface area contributed by atoms with Crippen LogP contribution in [0.2, 0.25) is 0 Å². The summed E-state index contributed by atoms with van der Waals surface area (Å²) in [7, 11) is 0. The van der Waals surface area contributed by atoms with Gasteiger partial charge in [-0.3, -0.25) is 4.79 Å². The van der Waals surface area contributed by atoms with Gasteiger partial charge >= 0.3 is 0 Å². The Labute approximate surface area is 61.1 Å². The van der Waals surface area contributed by atoms with Crippen molar-refractivity contribution in [1.29, 1.82) is 0 Å². The van der Waals surface area contributed by atoms with Gasteiger partial charge in [-0.2, -0.15) is 0 Å². The normalized spacial score (nSPS) is 26.4. The minimum absolute atomic E-state index is 0.421. The number of ketones is 1. The van der Waals surface area contributed by atoms with E-state index in [0.29, 0.717) is 12.2 Å². The molecule has 10 heavy (non-hydrogen) atoms. The van der Waals surface area contributed by atoms with Crippen molar-refractivity contribution in [1.82, 2.24) is 0 Å². The van der Waals surface area contributed by atoms with Gasteiger partial charge in [0.2, 0.25) is 0 Å². The lowest BCUT2D eigenvalue weighted by Crippen LogP contribution is -2.04. The van der Waals surface area contributed by atoms with Gasteiger partial charge in [0.25, 0.3) is 0 Å². The molecule has 0 unspecified atom stereocenters. The van der Waals surface area contributed by atoms with Gasteiger partial charge in [0.05, 0.1) is 0 Å². The Morgan fingerprint density at radius 3 is 2.60 bits per heavy atom. The van der Waals surface area contributed by atoms with Gasteiger partial charge in [-0.15, -0.1) is 0 Å². The molecule has 1 fully saturated rings. The zero-order valence-corrected chi connectivity index (χ0v) is 6.10. The van der Waals surface area contributed by atoms with Crippen molar-refractivity contribution < 1.29 is 4.79 Å². The molecule has 0 saturated heterocycles. The Morgan fingerprint density at radius 2 is 2.10 bits per heavy atom. The summed E-state index contributed by atoms with van der Waals surface area (Å²) >= 11 is 0. The molecule has 1 saturated carbocycles. The molecule has 0 atom stereocenters. The van der Waals surface area contributed by atoms with E-state index in [4.69, 9.17) is 0 Å². The third-order valence-electron chi connectivity index (χ3n) is 2.39. The van der Waals surface area contributed by atoms with Crippen molar-refractivity contribution >= 4 is 5.78 Å². The summed E-state index contributed by atoms with van der Waals surface area (Å²) in [4.78, 5) is 10.8. The van der Waals surface area contributed by atoms with Crippen LogP contribution in [0.5, 0.6) is 0 Å². The Bertz CT molecular complexity index is 187. The molecule has 1 heteroatoms. The molecular weight excluding hydrogens is 124 g/mol. The SMILES string of the molecule is O=C1CC=C(C2CC2)CC1. The van der Waals surface area contributed by atoms with Gasteiger partial charge in [0, 0.05) is 12.8 Å². The van der Waals surface area contributed by atoms with Crippen LogP contribution in [-0.4, -0.2) is 5.78 Å². The summed E-state index contributed by atoms with van der Waals surface area (Å²) < 4.78 is 0. The Hall–Kier alpha value is -0.590. The fourth-order valence-electron chi connectivity index (χ4n) is 1.56. The predicted octanol–water partition coefficient (Wildman–Crippen LogP) is 2.08. The first-order valence-corrected chi connectivity index (χ1v) is 4.07. The van der Waals surface area contributed by atoms with Crippen molar-refractivity contribution in [2.24, 2.45) is 5.92 Å². The lowest BCUT2D eigenvalue weighted by molar-refractivity contribution is -0.118. The minimum Gasteiger partial charge on any atom is -0.299 e. The zero-order valence-electron chi connectivity index (χ0n) is 6.10. The second-order valence-electron chi connectivity index (χ2n) is 3.30. The van der Waals surface area contributed by atoms with Crippen LogP contribution >= 0.6 is 0 Å². The number of hydrogen-bond acceptors (Lipinski definition) is 1. The van der Waals surface area contributed by atoms with E-state index in [9.17, 15) is 4.79 Å². The molecule has 0 aliphatic heterocycles. The number of hydrogen-bond donors (Lipinski definition) is 0. The predicted molar refractivity (Wildman–Crippen MR) is 39.7 cm³/mol. The fraction of sp³-hybridized carbons (Fsp3) is 0.667. The van der Waals surface area contributed by atoms with E-state index in [1.165, 1.54) is 12.8 Å². The maximum atomic E-state index is 10.8. The standard InChI is InChI=1S/C9H12O/c10-9-5-3-8(4-6-9)7-1-2-7/h3,7H,1-2,4-6H2. The first-order valence-electron chi connectivity index (χ1n) is 4.07. The minimum atomic E-state index is 0.421. The first kappa shape index (κ1) is 6.14. The van der Waals surface area contributed by atoms with Crippen LogP contribution in [0.1, 0.15) is 32.1 Å². The molecule has 0 radical (unpaired) electrons. The molecule has 0 spiro atoms. The van der Waals surface area contributed by atoms with Crippen molar-refractivity contribution in [3.63, 3.8) is 0 Å². The molecule has 54 valence electrons. The summed E-state index contributed by atoms with van der Waals surface area (Å²) in [6.07, 6.45) is 7.49. The monoisotopic (exact) mass is 136 g/mol. The van der Waals surface area contributed by atoms with Gasteiger partial charge in [-0.05, 0) is 25.2 Å². The lowest BCUT2D eigenvalue weighted by Gasteiger charge is -2.09. The highest BCUT2D eigenvalue weighted by atomic mass is 16.1. The van der Waals surface area contributed by atoms with Crippen LogP contribution in [0.25, 0.3) is 0 Å². The zero-order chi connectivity index (χ0) is 6.97. The van der Waals surface area contributed by atoms with Gasteiger partial charge in [-0.25, -0.2) is 0 Å². The lowest BCUT2D eigenvalue weighted by atomic mass is 9.95. The third kappa shape index (κ3) is 1.13. The van der Waals surface area contributed by atoms with Gasteiger partial charge in [0.1, 0.15) is 5.78 Å². The second-order valence-corrected chi connectivity index (χ2v) is 3.30. The molecule has 0 amide bonds. The maximum absolute atomic E-state index is 10.8. The highest BCUT2D eigenvalue weighted by molar-refractivity contribution is 5.81. The summed E-state index contributed by atoms with van der Waals surface area (Å²) in [5.41, 5.74) is 1.57. The van der Waals surface area contributed by atoms with Crippen LogP contribution < -0.4 is 0 Å². The highest BCUT2D eigenvalue weighted by Gasteiger charge is 2.27. The number of rotatable bonds is 1. The average molecular weight is 136 g/mol. The molecule has 2 aliphatic carbocycles. The summed E-state index contributed by atoms with van der Waals surface area (Å²) in [5, 5.41) is 0. The number of carbonyl (C=O) groups is 1. The fourth-order valence-corrected chi connectivity index (χ4v) is 1.56.